The Morgan fingerprint density at radius 3 is 2.73 bits per heavy atom. The van der Waals surface area contributed by atoms with Crippen LogP contribution in [0, 0.1) is 0 Å². The number of hydrogen-bond donors (Lipinski definition) is 1. The van der Waals surface area contributed by atoms with Gasteiger partial charge in [-0.2, -0.15) is 0 Å². The van der Waals surface area contributed by atoms with Gasteiger partial charge in [0.05, 0.1) is 19.6 Å². The summed E-state index contributed by atoms with van der Waals surface area (Å²) in [6.45, 7) is 2.19. The summed E-state index contributed by atoms with van der Waals surface area (Å²) in [5, 5.41) is 11.9. The van der Waals surface area contributed by atoms with Crippen LogP contribution in [0.4, 0.5) is 0 Å². The molecule has 9 heteroatoms. The fourth-order valence-corrected chi connectivity index (χ4v) is 5.01. The number of amidine groups is 1. The highest BCUT2D eigenvalue weighted by Gasteiger charge is 2.36. The van der Waals surface area contributed by atoms with Gasteiger partial charge in [-0.05, 0) is 18.6 Å². The van der Waals surface area contributed by atoms with Crippen molar-refractivity contribution in [3.8, 4) is 11.5 Å². The predicted octanol–water partition coefficient (Wildman–Crippen LogP) is 3.81. The number of para-hydroxylation sites is 1. The number of nitrogens with zero attached hydrogens (tertiary/aromatic N) is 3. The molecule has 0 fully saturated rings. The third kappa shape index (κ3) is 4.82. The fraction of sp³-hybridized carbons (Fsp3) is 0.375. The number of halogens is 1. The minimum atomic E-state index is -0.640. The summed E-state index contributed by atoms with van der Waals surface area (Å²) in [6, 6.07) is 11.0. The molecular weight excluding hydrogens is 460 g/mol. The topological polar surface area (TPSA) is 75.5 Å². The predicted molar refractivity (Wildman–Crippen MR) is 132 cm³/mol. The molecule has 174 valence electrons. The summed E-state index contributed by atoms with van der Waals surface area (Å²) in [5.41, 5.74) is 1.11. The van der Waals surface area contributed by atoms with Gasteiger partial charge in [0.15, 0.2) is 22.8 Å². The van der Waals surface area contributed by atoms with Gasteiger partial charge in [0.25, 0.3) is 5.91 Å². The number of thioether (sulfide) groups is 1. The summed E-state index contributed by atoms with van der Waals surface area (Å²) >= 11 is 7.94. The molecule has 2 aliphatic rings. The molecular formula is C24H27ClN4O3S. The maximum absolute atomic E-state index is 13.3. The first-order valence-electron chi connectivity index (χ1n) is 11.0. The van der Waals surface area contributed by atoms with Crippen molar-refractivity contribution in [1.29, 1.82) is 0 Å². The van der Waals surface area contributed by atoms with Crippen LogP contribution in [0.1, 0.15) is 44.3 Å². The molecule has 2 heterocycles. The van der Waals surface area contributed by atoms with Gasteiger partial charge >= 0.3 is 0 Å². The number of methoxy groups -OCH3 is 2. The Kier molecular flexibility index (Phi) is 7.45. The van der Waals surface area contributed by atoms with Gasteiger partial charge in [0.1, 0.15) is 5.70 Å². The van der Waals surface area contributed by atoms with Crippen molar-refractivity contribution < 1.29 is 14.3 Å². The monoisotopic (exact) mass is 486 g/mol. The molecule has 2 aromatic rings. The molecule has 33 heavy (non-hydrogen) atoms. The van der Waals surface area contributed by atoms with Crippen LogP contribution in [-0.4, -0.2) is 36.1 Å². The lowest BCUT2D eigenvalue weighted by Gasteiger charge is -2.34. The Labute approximate surface area is 202 Å². The molecule has 0 bridgehead atoms. The number of hydrazone groups is 1. The molecule has 1 unspecified atom stereocenters. The second-order valence-electron chi connectivity index (χ2n) is 7.71. The van der Waals surface area contributed by atoms with Crippen LogP contribution >= 0.6 is 23.4 Å². The lowest BCUT2D eigenvalue weighted by Crippen LogP contribution is -2.50. The summed E-state index contributed by atoms with van der Waals surface area (Å²) < 4.78 is 11.2. The Bertz CT molecular complexity index is 1200. The molecule has 0 aromatic heterocycles. The zero-order chi connectivity index (χ0) is 23.4. The van der Waals surface area contributed by atoms with Crippen molar-refractivity contribution in [2.75, 3.05) is 20.0 Å². The van der Waals surface area contributed by atoms with E-state index in [4.69, 9.17) is 31.2 Å². The van der Waals surface area contributed by atoms with Crippen LogP contribution < -0.4 is 25.4 Å². The van der Waals surface area contributed by atoms with Crippen molar-refractivity contribution in [3.63, 3.8) is 0 Å². The normalized spacial score (nSPS) is 16.9. The molecule has 0 aliphatic carbocycles. The maximum atomic E-state index is 13.3. The lowest BCUT2D eigenvalue weighted by atomic mass is 10.1. The summed E-state index contributed by atoms with van der Waals surface area (Å²) in [5.74, 6) is 1.67. The first-order valence-corrected chi connectivity index (χ1v) is 12.3. The van der Waals surface area contributed by atoms with Gasteiger partial charge in [-0.25, -0.2) is 5.01 Å². The molecule has 0 spiro atoms. The van der Waals surface area contributed by atoms with E-state index in [-0.39, 0.29) is 5.91 Å². The van der Waals surface area contributed by atoms with E-state index in [1.54, 1.807) is 43.1 Å². The highest BCUT2D eigenvalue weighted by Crippen LogP contribution is 2.42. The van der Waals surface area contributed by atoms with Crippen molar-refractivity contribution in [2.24, 2.45) is 10.1 Å². The van der Waals surface area contributed by atoms with Gasteiger partial charge in [-0.1, -0.05) is 67.7 Å². The van der Waals surface area contributed by atoms with E-state index in [1.807, 2.05) is 24.3 Å². The number of rotatable bonds is 8. The van der Waals surface area contributed by atoms with E-state index in [0.717, 1.165) is 23.8 Å². The van der Waals surface area contributed by atoms with Gasteiger partial charge in [0.2, 0.25) is 0 Å². The third-order valence-electron chi connectivity index (χ3n) is 5.50. The SMILES string of the molecule is CCCCCCSC1=NN2C(=c3ccccc3=NC2c2cc(Cl)cc(OC)c2OC)C(=O)N1. The number of carbonyl (C=O) groups is 1. The van der Waals surface area contributed by atoms with Gasteiger partial charge < -0.3 is 9.47 Å². The van der Waals surface area contributed by atoms with Crippen molar-refractivity contribution in [2.45, 2.75) is 38.8 Å². The number of hydrogen-bond acceptors (Lipinski definition) is 7. The summed E-state index contributed by atoms with van der Waals surface area (Å²) in [6.07, 6.45) is 3.98. The van der Waals surface area contributed by atoms with E-state index >= 15 is 0 Å². The van der Waals surface area contributed by atoms with Crippen LogP contribution in [0.25, 0.3) is 5.70 Å². The highest BCUT2D eigenvalue weighted by molar-refractivity contribution is 8.13. The van der Waals surface area contributed by atoms with Crippen LogP contribution in [-0.2, 0) is 4.79 Å². The number of nitrogens with one attached hydrogen (secondary N) is 1. The Morgan fingerprint density at radius 1 is 1.15 bits per heavy atom. The first kappa shape index (κ1) is 23.4. The van der Waals surface area contributed by atoms with Crippen LogP contribution in [0.5, 0.6) is 11.5 Å². The average Bonchev–Trinajstić information content (AvgIpc) is 2.82. The molecule has 7 nitrogen and oxygen atoms in total. The van der Waals surface area contributed by atoms with E-state index in [9.17, 15) is 4.79 Å². The second kappa shape index (κ2) is 10.5. The number of unbranched alkanes of at least 4 members (excludes halogenated alkanes) is 3. The molecule has 2 aliphatic heterocycles. The molecule has 0 radical (unpaired) electrons. The Morgan fingerprint density at radius 2 is 1.97 bits per heavy atom. The number of benzene rings is 2. The van der Waals surface area contributed by atoms with Gasteiger partial charge in [0, 0.05) is 27.6 Å². The maximum Gasteiger partial charge on any atom is 0.276 e. The average molecular weight is 487 g/mol. The number of amides is 1. The third-order valence-corrected chi connectivity index (χ3v) is 6.67. The largest absolute Gasteiger partial charge is 0.493 e. The van der Waals surface area contributed by atoms with E-state index in [1.165, 1.54) is 12.8 Å². The standard InChI is InChI=1S/C24H27ClN4O3S/c1-4-5-6-9-12-33-24-27-23(30)20-16-10-7-8-11-18(16)26-22(29(20)28-24)17-13-15(25)14-19(31-2)21(17)32-3/h7-8,10-11,13-14,22H,4-6,9,12H2,1-3H3,(H,27,28,30). The van der Waals surface area contributed by atoms with E-state index < -0.39 is 6.17 Å². The number of ether oxygens (including phenoxy) is 2. The quantitative estimate of drug-likeness (QED) is 0.574. The molecule has 0 saturated heterocycles. The minimum absolute atomic E-state index is 0.207. The van der Waals surface area contributed by atoms with Crippen LogP contribution in [0.3, 0.4) is 0 Å². The van der Waals surface area contributed by atoms with Crippen molar-refractivity contribution in [3.05, 3.63) is 57.6 Å². The summed E-state index contributed by atoms with van der Waals surface area (Å²) in [7, 11) is 3.13. The Hall–Kier alpha value is -2.71. The molecule has 1 amide bonds. The molecule has 4 rings (SSSR count). The highest BCUT2D eigenvalue weighted by atomic mass is 35.5. The van der Waals surface area contributed by atoms with Crippen molar-refractivity contribution >= 4 is 40.1 Å². The smallest absolute Gasteiger partial charge is 0.276 e. The van der Waals surface area contributed by atoms with Gasteiger partial charge in [-0.15, -0.1) is 5.10 Å². The first-order chi connectivity index (χ1) is 16.1. The second-order valence-corrected chi connectivity index (χ2v) is 9.23. The van der Waals surface area contributed by atoms with Crippen LogP contribution in [0.2, 0.25) is 5.02 Å². The zero-order valence-corrected chi connectivity index (χ0v) is 20.5. The molecule has 1 N–H and O–H groups in total. The summed E-state index contributed by atoms with van der Waals surface area (Å²) in [4.78, 5) is 18.2. The van der Waals surface area contributed by atoms with Crippen molar-refractivity contribution in [1.82, 2.24) is 10.3 Å². The number of fused-ring (bicyclic) bond motifs is 2. The fourth-order valence-electron chi connectivity index (χ4n) is 3.94. The minimum Gasteiger partial charge on any atom is -0.493 e. The molecule has 2 aromatic carbocycles. The van der Waals surface area contributed by atoms with Crippen LogP contribution in [0.15, 0.2) is 46.5 Å². The van der Waals surface area contributed by atoms with Gasteiger partial charge in [-0.3, -0.25) is 15.1 Å². The van der Waals surface area contributed by atoms with E-state index in [0.29, 0.717) is 38.3 Å². The zero-order valence-electron chi connectivity index (χ0n) is 18.9. The molecule has 0 saturated carbocycles. The lowest BCUT2D eigenvalue weighted by molar-refractivity contribution is -0.116. The van der Waals surface area contributed by atoms with E-state index in [2.05, 4.69) is 12.2 Å². The molecule has 1 atom stereocenters. The Balaban J connectivity index is 1.80. The number of carbonyl (C=O) groups excluding carboxylic acids is 1.